The summed E-state index contributed by atoms with van der Waals surface area (Å²) in [4.78, 5) is 37.8. The van der Waals surface area contributed by atoms with Crippen LogP contribution in [0.4, 0.5) is 0 Å². The van der Waals surface area contributed by atoms with Gasteiger partial charge in [0.25, 0.3) is 0 Å². The zero-order valence-corrected chi connectivity index (χ0v) is 37.2. The van der Waals surface area contributed by atoms with Crippen molar-refractivity contribution in [2.24, 2.45) is 0 Å². The fraction of sp³-hybridized carbons (Fsp3) is 0.820. The normalized spacial score (nSPS) is 12.3. The van der Waals surface area contributed by atoms with E-state index in [-0.39, 0.29) is 31.1 Å². The van der Waals surface area contributed by atoms with Crippen LogP contribution in [0.1, 0.15) is 245 Å². The van der Waals surface area contributed by atoms with Gasteiger partial charge in [0.15, 0.2) is 6.10 Å². The quantitative estimate of drug-likeness (QED) is 0.0265. The SMILES string of the molecule is CCCCC/C=C\C/C=C\C/C=C\CCCCC(=O)OC[C@H](COC(=O)CCCCCCCCCCCCCC)OC(=O)CCCCCCCCCCCCC. The van der Waals surface area contributed by atoms with Gasteiger partial charge in [-0.1, -0.05) is 205 Å². The van der Waals surface area contributed by atoms with E-state index in [0.29, 0.717) is 19.3 Å². The smallest absolute Gasteiger partial charge is 0.306 e. The second-order valence-electron chi connectivity index (χ2n) is 16.0. The molecule has 0 spiro atoms. The number of hydrogen-bond acceptors (Lipinski definition) is 6. The Balaban J connectivity index is 4.41. The van der Waals surface area contributed by atoms with Crippen molar-refractivity contribution in [1.82, 2.24) is 0 Å². The molecule has 0 saturated heterocycles. The van der Waals surface area contributed by atoms with Gasteiger partial charge in [0.1, 0.15) is 13.2 Å². The summed E-state index contributed by atoms with van der Waals surface area (Å²) < 4.78 is 16.7. The molecule has 0 aliphatic heterocycles. The molecule has 0 aromatic carbocycles. The summed E-state index contributed by atoms with van der Waals surface area (Å²) in [7, 11) is 0. The Bertz CT molecular complexity index is 953. The number of hydrogen-bond donors (Lipinski definition) is 0. The average molecular weight is 787 g/mol. The van der Waals surface area contributed by atoms with E-state index >= 15 is 0 Å². The van der Waals surface area contributed by atoms with Gasteiger partial charge >= 0.3 is 17.9 Å². The molecule has 0 amide bonds. The fourth-order valence-electron chi connectivity index (χ4n) is 6.74. The highest BCUT2D eigenvalue weighted by Gasteiger charge is 2.19. The van der Waals surface area contributed by atoms with Gasteiger partial charge in [0, 0.05) is 19.3 Å². The minimum Gasteiger partial charge on any atom is -0.462 e. The first-order valence-electron chi connectivity index (χ1n) is 24.0. The van der Waals surface area contributed by atoms with Gasteiger partial charge < -0.3 is 14.2 Å². The standard InChI is InChI=1S/C50H90O6/c1-4-7-10-13-16-19-22-24-25-26-29-31-34-37-40-43-49(52)55-46-47(56-50(53)44-41-38-35-32-27-21-18-15-12-9-6-3)45-54-48(51)42-39-36-33-30-28-23-20-17-14-11-8-5-2/h16,19,24-25,29,31,47H,4-15,17-18,20-23,26-28,30,32-46H2,1-3H3/b19-16-,25-24-,31-29-/t47-/m0/s1. The molecule has 0 unspecified atom stereocenters. The number of unbranched alkanes of at least 4 members (excludes halogenated alkanes) is 26. The molecular weight excluding hydrogens is 697 g/mol. The van der Waals surface area contributed by atoms with E-state index in [4.69, 9.17) is 14.2 Å². The van der Waals surface area contributed by atoms with Crippen molar-refractivity contribution >= 4 is 17.9 Å². The summed E-state index contributed by atoms with van der Waals surface area (Å²) >= 11 is 0. The fourth-order valence-corrected chi connectivity index (χ4v) is 6.74. The lowest BCUT2D eigenvalue weighted by Crippen LogP contribution is -2.30. The lowest BCUT2D eigenvalue weighted by atomic mass is 10.0. The van der Waals surface area contributed by atoms with Crippen molar-refractivity contribution in [3.8, 4) is 0 Å². The van der Waals surface area contributed by atoms with Crippen LogP contribution in [-0.4, -0.2) is 37.2 Å². The summed E-state index contributed by atoms with van der Waals surface area (Å²) in [6, 6.07) is 0. The van der Waals surface area contributed by atoms with E-state index in [1.165, 1.54) is 135 Å². The third-order valence-corrected chi connectivity index (χ3v) is 10.4. The number of ether oxygens (including phenoxy) is 3. The summed E-state index contributed by atoms with van der Waals surface area (Å²) in [5.74, 6) is -0.915. The summed E-state index contributed by atoms with van der Waals surface area (Å²) in [6.45, 7) is 6.57. The molecule has 0 aromatic heterocycles. The molecule has 0 aliphatic rings. The number of esters is 3. The Morgan fingerprint density at radius 3 is 1.04 bits per heavy atom. The van der Waals surface area contributed by atoms with E-state index in [1.807, 2.05) is 0 Å². The van der Waals surface area contributed by atoms with Crippen molar-refractivity contribution in [2.45, 2.75) is 252 Å². The molecule has 6 nitrogen and oxygen atoms in total. The minimum absolute atomic E-state index is 0.0805. The van der Waals surface area contributed by atoms with E-state index in [0.717, 1.165) is 70.6 Å². The predicted octanol–water partition coefficient (Wildman–Crippen LogP) is 15.4. The molecule has 56 heavy (non-hydrogen) atoms. The largest absolute Gasteiger partial charge is 0.462 e. The van der Waals surface area contributed by atoms with Crippen LogP contribution in [0.25, 0.3) is 0 Å². The Labute approximate surface area is 346 Å². The molecule has 1 atom stereocenters. The average Bonchev–Trinajstić information content (AvgIpc) is 3.19. The van der Waals surface area contributed by atoms with Gasteiger partial charge in [-0.15, -0.1) is 0 Å². The number of carbonyl (C=O) groups excluding carboxylic acids is 3. The Morgan fingerprint density at radius 1 is 0.357 bits per heavy atom. The van der Waals surface area contributed by atoms with Crippen molar-refractivity contribution < 1.29 is 28.6 Å². The molecule has 0 saturated carbocycles. The molecule has 0 rings (SSSR count). The topological polar surface area (TPSA) is 78.9 Å². The molecule has 0 aliphatic carbocycles. The van der Waals surface area contributed by atoms with Crippen LogP contribution in [0.2, 0.25) is 0 Å². The molecule has 0 fully saturated rings. The first kappa shape index (κ1) is 53.6. The van der Waals surface area contributed by atoms with Gasteiger partial charge in [-0.3, -0.25) is 14.4 Å². The van der Waals surface area contributed by atoms with Crippen molar-refractivity contribution in [3.63, 3.8) is 0 Å². The third-order valence-electron chi connectivity index (χ3n) is 10.4. The van der Waals surface area contributed by atoms with Crippen LogP contribution in [0.5, 0.6) is 0 Å². The van der Waals surface area contributed by atoms with E-state index in [1.54, 1.807) is 0 Å². The molecule has 0 bridgehead atoms. The summed E-state index contributed by atoms with van der Waals surface area (Å²) in [6.07, 6.45) is 51.2. The highest BCUT2D eigenvalue weighted by Crippen LogP contribution is 2.15. The third kappa shape index (κ3) is 42.8. The van der Waals surface area contributed by atoms with Crippen molar-refractivity contribution in [1.29, 1.82) is 0 Å². The van der Waals surface area contributed by atoms with E-state index in [2.05, 4.69) is 57.2 Å². The van der Waals surface area contributed by atoms with Crippen LogP contribution in [-0.2, 0) is 28.6 Å². The van der Waals surface area contributed by atoms with Crippen LogP contribution < -0.4 is 0 Å². The van der Waals surface area contributed by atoms with Gasteiger partial charge in [0.2, 0.25) is 0 Å². The monoisotopic (exact) mass is 787 g/mol. The van der Waals surface area contributed by atoms with Gasteiger partial charge in [-0.25, -0.2) is 0 Å². The Hall–Kier alpha value is -2.37. The van der Waals surface area contributed by atoms with Gasteiger partial charge in [0.05, 0.1) is 0 Å². The number of carbonyl (C=O) groups is 3. The highest BCUT2D eigenvalue weighted by molar-refractivity contribution is 5.71. The lowest BCUT2D eigenvalue weighted by Gasteiger charge is -2.18. The molecule has 326 valence electrons. The zero-order valence-electron chi connectivity index (χ0n) is 37.2. The molecule has 0 heterocycles. The minimum atomic E-state index is -0.780. The molecular formula is C50H90O6. The summed E-state index contributed by atoms with van der Waals surface area (Å²) in [5.41, 5.74) is 0. The first-order valence-corrected chi connectivity index (χ1v) is 24.0. The number of rotatable bonds is 43. The Morgan fingerprint density at radius 2 is 0.643 bits per heavy atom. The zero-order chi connectivity index (χ0) is 40.8. The van der Waals surface area contributed by atoms with Gasteiger partial charge in [-0.05, 0) is 57.8 Å². The predicted molar refractivity (Wildman–Crippen MR) is 238 cm³/mol. The van der Waals surface area contributed by atoms with Crippen molar-refractivity contribution in [3.05, 3.63) is 36.5 Å². The van der Waals surface area contributed by atoms with E-state index in [9.17, 15) is 14.4 Å². The number of allylic oxidation sites excluding steroid dienone is 6. The second kappa shape index (κ2) is 45.3. The van der Waals surface area contributed by atoms with Crippen LogP contribution in [0, 0.1) is 0 Å². The summed E-state index contributed by atoms with van der Waals surface area (Å²) in [5, 5.41) is 0. The Kier molecular flexibility index (Phi) is 43.4. The molecule has 0 N–H and O–H groups in total. The van der Waals surface area contributed by atoms with E-state index < -0.39 is 6.10 Å². The van der Waals surface area contributed by atoms with Gasteiger partial charge in [-0.2, -0.15) is 0 Å². The second-order valence-corrected chi connectivity index (χ2v) is 16.0. The maximum Gasteiger partial charge on any atom is 0.306 e. The lowest BCUT2D eigenvalue weighted by molar-refractivity contribution is -0.167. The molecule has 6 heteroatoms. The van der Waals surface area contributed by atoms with Crippen LogP contribution in [0.15, 0.2) is 36.5 Å². The van der Waals surface area contributed by atoms with Crippen LogP contribution in [0.3, 0.4) is 0 Å². The maximum atomic E-state index is 12.7. The highest BCUT2D eigenvalue weighted by atomic mass is 16.6. The molecule has 0 aromatic rings. The van der Waals surface area contributed by atoms with Crippen LogP contribution >= 0.6 is 0 Å². The maximum absolute atomic E-state index is 12.7. The van der Waals surface area contributed by atoms with Crippen molar-refractivity contribution in [2.75, 3.05) is 13.2 Å². The molecule has 0 radical (unpaired) electrons. The first-order chi connectivity index (χ1) is 27.5.